The number of aryl methyl sites for hydroxylation is 2. The Labute approximate surface area is 137 Å². The zero-order chi connectivity index (χ0) is 17.1. The third kappa shape index (κ3) is 3.60. The molecule has 0 radical (unpaired) electrons. The molecule has 8 heteroatoms. The molecule has 0 atom stereocenters. The Morgan fingerprint density at radius 3 is 2.88 bits per heavy atom. The number of aliphatic carboxylic acids is 1. The van der Waals surface area contributed by atoms with Gasteiger partial charge in [0.15, 0.2) is 5.82 Å². The van der Waals surface area contributed by atoms with E-state index in [0.717, 1.165) is 10.9 Å². The summed E-state index contributed by atoms with van der Waals surface area (Å²) in [6.07, 6.45) is 2.33. The summed E-state index contributed by atoms with van der Waals surface area (Å²) in [4.78, 5) is 26.9. The number of carbonyl (C=O) groups excluding carboxylic acids is 1. The first-order valence-electron chi connectivity index (χ1n) is 7.41. The molecule has 2 aromatic heterocycles. The fourth-order valence-electron chi connectivity index (χ4n) is 2.45. The summed E-state index contributed by atoms with van der Waals surface area (Å²) in [6, 6.07) is 7.16. The highest BCUT2D eigenvalue weighted by Crippen LogP contribution is 2.21. The van der Waals surface area contributed by atoms with Crippen LogP contribution in [-0.2, 0) is 22.6 Å². The standard InChI is InChI=1S/C16H16N4O4/c1-10-17-15(24-19-10)5-4-14(21)18-12-2-3-13-11(8-12)6-7-20(13)9-16(22)23/h2-3,6-8H,4-5,9H2,1H3,(H,18,21)(H,22,23). The topological polar surface area (TPSA) is 110 Å². The van der Waals surface area contributed by atoms with E-state index >= 15 is 0 Å². The maximum absolute atomic E-state index is 12.0. The minimum atomic E-state index is -0.902. The van der Waals surface area contributed by atoms with Gasteiger partial charge in [-0.2, -0.15) is 4.98 Å². The molecule has 0 unspecified atom stereocenters. The number of carbonyl (C=O) groups is 2. The van der Waals surface area contributed by atoms with Gasteiger partial charge in [-0.3, -0.25) is 9.59 Å². The molecule has 1 aromatic carbocycles. The number of carboxylic acid groups (broad SMARTS) is 1. The van der Waals surface area contributed by atoms with Gasteiger partial charge in [-0.1, -0.05) is 5.16 Å². The van der Waals surface area contributed by atoms with Crippen LogP contribution in [0.15, 0.2) is 35.0 Å². The van der Waals surface area contributed by atoms with Gasteiger partial charge in [-0.15, -0.1) is 0 Å². The average molecular weight is 328 g/mol. The van der Waals surface area contributed by atoms with Crippen molar-refractivity contribution in [1.82, 2.24) is 14.7 Å². The van der Waals surface area contributed by atoms with E-state index in [9.17, 15) is 9.59 Å². The molecule has 0 spiro atoms. The highest BCUT2D eigenvalue weighted by atomic mass is 16.5. The maximum Gasteiger partial charge on any atom is 0.323 e. The van der Waals surface area contributed by atoms with Crippen LogP contribution >= 0.6 is 0 Å². The number of nitrogens with zero attached hydrogens (tertiary/aromatic N) is 3. The molecule has 0 fully saturated rings. The van der Waals surface area contributed by atoms with Crippen molar-refractivity contribution in [2.45, 2.75) is 26.3 Å². The van der Waals surface area contributed by atoms with Gasteiger partial charge >= 0.3 is 5.97 Å². The van der Waals surface area contributed by atoms with Crippen LogP contribution in [0.25, 0.3) is 10.9 Å². The van der Waals surface area contributed by atoms with Crippen LogP contribution in [0.3, 0.4) is 0 Å². The van der Waals surface area contributed by atoms with Crippen LogP contribution in [0, 0.1) is 6.92 Å². The molecule has 0 saturated heterocycles. The molecule has 0 aliphatic rings. The zero-order valence-electron chi connectivity index (χ0n) is 13.0. The number of amides is 1. The smallest absolute Gasteiger partial charge is 0.323 e. The number of hydrogen-bond donors (Lipinski definition) is 2. The molecular weight excluding hydrogens is 312 g/mol. The SMILES string of the molecule is Cc1noc(CCC(=O)Nc2ccc3c(ccn3CC(=O)O)c2)n1. The first-order chi connectivity index (χ1) is 11.5. The average Bonchev–Trinajstić information content (AvgIpc) is 3.11. The summed E-state index contributed by atoms with van der Waals surface area (Å²) >= 11 is 0. The third-order valence-corrected chi connectivity index (χ3v) is 3.50. The summed E-state index contributed by atoms with van der Waals surface area (Å²) in [5.41, 5.74) is 1.46. The molecule has 0 saturated carbocycles. The lowest BCUT2D eigenvalue weighted by atomic mass is 10.2. The van der Waals surface area contributed by atoms with Crippen molar-refractivity contribution in [1.29, 1.82) is 0 Å². The Hall–Kier alpha value is -3.16. The van der Waals surface area contributed by atoms with Crippen LogP contribution < -0.4 is 5.32 Å². The van der Waals surface area contributed by atoms with E-state index in [1.165, 1.54) is 0 Å². The van der Waals surface area contributed by atoms with E-state index in [2.05, 4.69) is 15.5 Å². The molecule has 1 amide bonds. The van der Waals surface area contributed by atoms with Crippen LogP contribution in [0.4, 0.5) is 5.69 Å². The molecule has 3 rings (SSSR count). The second kappa shape index (κ2) is 6.53. The van der Waals surface area contributed by atoms with E-state index < -0.39 is 5.97 Å². The molecule has 0 bridgehead atoms. The van der Waals surface area contributed by atoms with E-state index in [-0.39, 0.29) is 18.9 Å². The van der Waals surface area contributed by atoms with Gasteiger partial charge in [0.25, 0.3) is 0 Å². The third-order valence-electron chi connectivity index (χ3n) is 3.50. The number of fused-ring (bicyclic) bond motifs is 1. The molecule has 124 valence electrons. The fourth-order valence-corrected chi connectivity index (χ4v) is 2.45. The normalized spacial score (nSPS) is 10.9. The molecule has 2 heterocycles. The summed E-state index contributed by atoms with van der Waals surface area (Å²) < 4.78 is 6.61. The number of anilines is 1. The number of hydrogen-bond acceptors (Lipinski definition) is 5. The van der Waals surface area contributed by atoms with Crippen molar-refractivity contribution < 1.29 is 19.2 Å². The Morgan fingerprint density at radius 1 is 1.33 bits per heavy atom. The predicted molar refractivity (Wildman–Crippen MR) is 85.6 cm³/mol. The summed E-state index contributed by atoms with van der Waals surface area (Å²) in [5, 5.41) is 16.2. The second-order valence-electron chi connectivity index (χ2n) is 5.39. The maximum atomic E-state index is 12.0. The number of carboxylic acids is 1. The van der Waals surface area contributed by atoms with Gasteiger partial charge in [0, 0.05) is 35.6 Å². The van der Waals surface area contributed by atoms with Gasteiger partial charge in [0.1, 0.15) is 6.54 Å². The number of benzene rings is 1. The highest BCUT2D eigenvalue weighted by molar-refractivity contribution is 5.94. The largest absolute Gasteiger partial charge is 0.480 e. The van der Waals surface area contributed by atoms with Crippen molar-refractivity contribution in [3.05, 3.63) is 42.2 Å². The first kappa shape index (κ1) is 15.7. The highest BCUT2D eigenvalue weighted by Gasteiger charge is 2.09. The monoisotopic (exact) mass is 328 g/mol. The second-order valence-corrected chi connectivity index (χ2v) is 5.39. The van der Waals surface area contributed by atoms with E-state index in [1.54, 1.807) is 29.8 Å². The first-order valence-corrected chi connectivity index (χ1v) is 7.41. The Bertz CT molecular complexity index is 897. The van der Waals surface area contributed by atoms with Gasteiger partial charge < -0.3 is 19.5 Å². The van der Waals surface area contributed by atoms with Gasteiger partial charge in [-0.05, 0) is 31.2 Å². The fraction of sp³-hybridized carbons (Fsp3) is 0.250. The lowest BCUT2D eigenvalue weighted by Crippen LogP contribution is -2.12. The summed E-state index contributed by atoms with van der Waals surface area (Å²) in [7, 11) is 0. The van der Waals surface area contributed by atoms with Crippen LogP contribution in [0.2, 0.25) is 0 Å². The predicted octanol–water partition coefficient (Wildman–Crippen LogP) is 1.99. The van der Waals surface area contributed by atoms with Crippen molar-refractivity contribution in [2.75, 3.05) is 5.32 Å². The number of rotatable bonds is 6. The Balaban J connectivity index is 1.64. The van der Waals surface area contributed by atoms with Crippen molar-refractivity contribution in [3.8, 4) is 0 Å². The molecule has 2 N–H and O–H groups in total. The summed E-state index contributed by atoms with van der Waals surface area (Å²) in [6.45, 7) is 1.62. The molecule has 3 aromatic rings. The van der Waals surface area contributed by atoms with E-state index in [1.807, 2.05) is 12.1 Å². The van der Waals surface area contributed by atoms with Crippen LogP contribution in [0.1, 0.15) is 18.1 Å². The lowest BCUT2D eigenvalue weighted by Gasteiger charge is -2.06. The summed E-state index contributed by atoms with van der Waals surface area (Å²) in [5.74, 6) is -0.0816. The van der Waals surface area contributed by atoms with Crippen LogP contribution in [-0.4, -0.2) is 31.7 Å². The zero-order valence-corrected chi connectivity index (χ0v) is 13.0. The van der Waals surface area contributed by atoms with E-state index in [0.29, 0.717) is 23.8 Å². The van der Waals surface area contributed by atoms with Crippen LogP contribution in [0.5, 0.6) is 0 Å². The van der Waals surface area contributed by atoms with Crippen molar-refractivity contribution in [2.24, 2.45) is 0 Å². The molecule has 8 nitrogen and oxygen atoms in total. The minimum Gasteiger partial charge on any atom is -0.480 e. The lowest BCUT2D eigenvalue weighted by molar-refractivity contribution is -0.137. The van der Waals surface area contributed by atoms with Gasteiger partial charge in [0.2, 0.25) is 11.8 Å². The number of nitrogens with one attached hydrogen (secondary N) is 1. The van der Waals surface area contributed by atoms with Gasteiger partial charge in [-0.25, -0.2) is 0 Å². The Kier molecular flexibility index (Phi) is 4.28. The Morgan fingerprint density at radius 2 is 2.17 bits per heavy atom. The van der Waals surface area contributed by atoms with Crippen molar-refractivity contribution >= 4 is 28.5 Å². The quantitative estimate of drug-likeness (QED) is 0.716. The molecule has 24 heavy (non-hydrogen) atoms. The molecule has 0 aliphatic heterocycles. The van der Waals surface area contributed by atoms with Crippen molar-refractivity contribution in [3.63, 3.8) is 0 Å². The van der Waals surface area contributed by atoms with Gasteiger partial charge in [0.05, 0.1) is 0 Å². The molecule has 0 aliphatic carbocycles. The minimum absolute atomic E-state index is 0.0984. The van der Waals surface area contributed by atoms with E-state index in [4.69, 9.17) is 9.63 Å². The molecular formula is C16H16N4O4. The number of aromatic nitrogens is 3.